The van der Waals surface area contributed by atoms with Crippen molar-refractivity contribution >= 4 is 11.8 Å². The Bertz CT molecular complexity index is 765. The maximum Gasteiger partial charge on any atom is 0.303 e. The van der Waals surface area contributed by atoms with E-state index in [1.807, 2.05) is 6.92 Å². The molecule has 4 heteroatoms. The van der Waals surface area contributed by atoms with Gasteiger partial charge in [0.25, 0.3) is 0 Å². The monoisotopic (exact) mass is 386 g/mol. The van der Waals surface area contributed by atoms with E-state index in [0.29, 0.717) is 17.8 Å². The van der Waals surface area contributed by atoms with Crippen LogP contribution in [0.15, 0.2) is 23.3 Å². The predicted molar refractivity (Wildman–Crippen MR) is 108 cm³/mol. The molecule has 4 rings (SSSR count). The van der Waals surface area contributed by atoms with Gasteiger partial charge in [0, 0.05) is 11.8 Å². The number of aliphatic hydroxyl groups excluding tert-OH is 1. The summed E-state index contributed by atoms with van der Waals surface area (Å²) < 4.78 is 0. The van der Waals surface area contributed by atoms with E-state index < -0.39 is 12.1 Å². The zero-order chi connectivity index (χ0) is 20.4. The minimum Gasteiger partial charge on any atom is -0.481 e. The fraction of sp³-hybridized carbons (Fsp3) is 0.750. The van der Waals surface area contributed by atoms with E-state index in [1.165, 1.54) is 5.57 Å². The van der Waals surface area contributed by atoms with E-state index in [9.17, 15) is 19.8 Å². The van der Waals surface area contributed by atoms with Gasteiger partial charge in [0.05, 0.1) is 0 Å². The molecule has 28 heavy (non-hydrogen) atoms. The number of allylic oxidation sites excluding steroid dienone is 3. The van der Waals surface area contributed by atoms with Gasteiger partial charge in [-0.3, -0.25) is 9.59 Å². The fourth-order valence-corrected chi connectivity index (χ4v) is 7.79. The largest absolute Gasteiger partial charge is 0.481 e. The fourth-order valence-electron chi connectivity index (χ4n) is 7.79. The van der Waals surface area contributed by atoms with Crippen molar-refractivity contribution in [2.24, 2.45) is 40.4 Å². The molecule has 0 aromatic carbocycles. The summed E-state index contributed by atoms with van der Waals surface area (Å²) in [4.78, 5) is 23.8. The second kappa shape index (κ2) is 6.55. The average Bonchev–Trinajstić information content (AvgIpc) is 2.97. The molecule has 0 radical (unpaired) electrons. The number of hydrogen-bond acceptors (Lipinski definition) is 3. The van der Waals surface area contributed by atoms with Gasteiger partial charge >= 0.3 is 5.97 Å². The second-order valence-corrected chi connectivity index (χ2v) is 10.3. The van der Waals surface area contributed by atoms with Gasteiger partial charge in [-0.1, -0.05) is 26.8 Å². The molecule has 0 bridgehead atoms. The highest BCUT2D eigenvalue weighted by Gasteiger charge is 2.62. The Morgan fingerprint density at radius 3 is 2.61 bits per heavy atom. The number of aliphatic hydroxyl groups is 1. The van der Waals surface area contributed by atoms with E-state index >= 15 is 0 Å². The Morgan fingerprint density at radius 1 is 1.25 bits per heavy atom. The molecule has 3 fully saturated rings. The number of carbonyl (C=O) groups excluding carboxylic acids is 1. The molecule has 0 spiro atoms. The predicted octanol–water partition coefficient (Wildman–Crippen LogP) is 4.38. The minimum atomic E-state index is -0.915. The molecule has 8 atom stereocenters. The third-order valence-electron chi connectivity index (χ3n) is 9.55. The Morgan fingerprint density at radius 2 is 1.96 bits per heavy atom. The first-order valence-corrected chi connectivity index (χ1v) is 11.0. The van der Waals surface area contributed by atoms with Crippen LogP contribution in [0.3, 0.4) is 0 Å². The highest BCUT2D eigenvalue weighted by atomic mass is 16.4. The molecule has 154 valence electrons. The van der Waals surface area contributed by atoms with Crippen molar-refractivity contribution in [3.8, 4) is 0 Å². The van der Waals surface area contributed by atoms with Crippen LogP contribution in [-0.4, -0.2) is 28.1 Å². The second-order valence-electron chi connectivity index (χ2n) is 10.3. The van der Waals surface area contributed by atoms with E-state index in [1.54, 1.807) is 6.08 Å². The van der Waals surface area contributed by atoms with Crippen LogP contribution in [0.2, 0.25) is 0 Å². The van der Waals surface area contributed by atoms with E-state index in [-0.39, 0.29) is 34.9 Å². The Hall–Kier alpha value is -1.42. The van der Waals surface area contributed by atoms with Crippen molar-refractivity contribution in [1.82, 2.24) is 0 Å². The van der Waals surface area contributed by atoms with Crippen LogP contribution in [0, 0.1) is 40.4 Å². The topological polar surface area (TPSA) is 74.6 Å². The lowest BCUT2D eigenvalue weighted by Crippen LogP contribution is -2.56. The van der Waals surface area contributed by atoms with Gasteiger partial charge in [-0.2, -0.15) is 0 Å². The summed E-state index contributed by atoms with van der Waals surface area (Å²) in [5.74, 6) is 0.836. The summed E-state index contributed by atoms with van der Waals surface area (Å²) in [5, 5.41) is 20.0. The zero-order valence-electron chi connectivity index (χ0n) is 17.6. The average molecular weight is 387 g/mol. The van der Waals surface area contributed by atoms with Gasteiger partial charge in [-0.25, -0.2) is 0 Å². The molecular weight excluding hydrogens is 352 g/mol. The molecule has 3 unspecified atom stereocenters. The number of carboxylic acid groups (broad SMARTS) is 1. The lowest BCUT2D eigenvalue weighted by molar-refractivity contribution is -0.140. The Labute approximate surface area is 168 Å². The van der Waals surface area contributed by atoms with Gasteiger partial charge in [-0.05, 0) is 91.3 Å². The number of fused-ring (bicyclic) bond motifs is 5. The maximum absolute atomic E-state index is 12.4. The van der Waals surface area contributed by atoms with Crippen molar-refractivity contribution in [3.05, 3.63) is 23.3 Å². The molecule has 0 aliphatic heterocycles. The Balaban J connectivity index is 1.75. The zero-order valence-corrected chi connectivity index (χ0v) is 17.6. The maximum atomic E-state index is 12.4. The lowest BCUT2D eigenvalue weighted by Gasteiger charge is -2.60. The summed E-state index contributed by atoms with van der Waals surface area (Å²) in [7, 11) is 0. The third-order valence-corrected chi connectivity index (χ3v) is 9.55. The summed E-state index contributed by atoms with van der Waals surface area (Å²) in [6.45, 7) is 8.70. The summed E-state index contributed by atoms with van der Waals surface area (Å²) in [5.41, 5.74) is 2.33. The molecular formula is C24H34O4. The van der Waals surface area contributed by atoms with E-state index in [2.05, 4.69) is 26.8 Å². The molecule has 0 aromatic heterocycles. The van der Waals surface area contributed by atoms with Crippen LogP contribution in [0.1, 0.15) is 66.2 Å². The van der Waals surface area contributed by atoms with Crippen molar-refractivity contribution in [2.75, 3.05) is 0 Å². The highest BCUT2D eigenvalue weighted by Crippen LogP contribution is 2.68. The van der Waals surface area contributed by atoms with Crippen LogP contribution in [0.5, 0.6) is 0 Å². The molecule has 2 N–H and O–H groups in total. The first kappa shape index (κ1) is 19.9. The molecule has 4 aliphatic carbocycles. The number of hydrogen-bond donors (Lipinski definition) is 2. The van der Waals surface area contributed by atoms with Crippen LogP contribution < -0.4 is 0 Å². The lowest BCUT2D eigenvalue weighted by atomic mass is 9.44. The first-order valence-electron chi connectivity index (χ1n) is 11.0. The van der Waals surface area contributed by atoms with Crippen molar-refractivity contribution in [2.45, 2.75) is 72.3 Å². The van der Waals surface area contributed by atoms with Gasteiger partial charge in [0.2, 0.25) is 0 Å². The highest BCUT2D eigenvalue weighted by molar-refractivity contribution is 5.96. The van der Waals surface area contributed by atoms with Crippen LogP contribution >= 0.6 is 0 Å². The number of rotatable bonds is 2. The summed E-state index contributed by atoms with van der Waals surface area (Å²) in [6.07, 6.45) is 8.48. The molecule has 3 saturated carbocycles. The minimum absolute atomic E-state index is 0.0941. The summed E-state index contributed by atoms with van der Waals surface area (Å²) >= 11 is 0. The number of carboxylic acids is 1. The quantitative estimate of drug-likeness (QED) is 0.738. The van der Waals surface area contributed by atoms with E-state index in [4.69, 9.17) is 0 Å². The first-order chi connectivity index (χ1) is 13.1. The Kier molecular flexibility index (Phi) is 4.65. The number of ketones is 1. The number of aliphatic carboxylic acids is 1. The van der Waals surface area contributed by atoms with Crippen molar-refractivity contribution < 1.29 is 19.8 Å². The van der Waals surface area contributed by atoms with E-state index in [0.717, 1.165) is 37.7 Å². The van der Waals surface area contributed by atoms with Crippen molar-refractivity contribution in [1.29, 1.82) is 0 Å². The molecule has 0 aromatic rings. The molecule has 0 saturated heterocycles. The molecule has 4 nitrogen and oxygen atoms in total. The van der Waals surface area contributed by atoms with Crippen molar-refractivity contribution in [3.63, 3.8) is 0 Å². The van der Waals surface area contributed by atoms with Crippen LogP contribution in [-0.2, 0) is 9.59 Å². The van der Waals surface area contributed by atoms with Crippen LogP contribution in [0.4, 0.5) is 0 Å². The normalized spacial score (nSPS) is 49.2. The number of carbonyl (C=O) groups is 2. The summed E-state index contributed by atoms with van der Waals surface area (Å²) in [6, 6.07) is 0. The molecule has 4 aliphatic rings. The van der Waals surface area contributed by atoms with Gasteiger partial charge < -0.3 is 10.2 Å². The molecule has 0 heterocycles. The molecule has 0 amide bonds. The van der Waals surface area contributed by atoms with Gasteiger partial charge in [-0.15, -0.1) is 0 Å². The smallest absolute Gasteiger partial charge is 0.303 e. The SMILES string of the molecule is CC=C1C[C@@H]2[C@@H](CC[C@]3(C)C(CC(=O)O)CC[C@@H]23)[C@]2(C)C1=CC(=O)C(O)C2C. The third kappa shape index (κ3) is 2.52. The van der Waals surface area contributed by atoms with Crippen LogP contribution in [0.25, 0.3) is 0 Å². The van der Waals surface area contributed by atoms with Gasteiger partial charge in [0.1, 0.15) is 6.10 Å². The van der Waals surface area contributed by atoms with Gasteiger partial charge in [0.15, 0.2) is 5.78 Å². The standard InChI is InChI=1S/C24H34O4/c1-5-14-10-16-17-7-6-15(11-21(26)27)23(17,3)9-8-18(16)24(4)13(2)22(28)20(25)12-19(14)24/h5,12-13,15-18,22,28H,6-11H2,1-4H3,(H,26,27)/t13?,15?,16-,17-,18+,22?,23+,24+/m0/s1.